The largest absolute Gasteiger partial charge is 0.481 e. The van der Waals surface area contributed by atoms with Crippen molar-refractivity contribution >= 4 is 70.6 Å². The molecule has 2 unspecified atom stereocenters. The molecule has 41 heavy (non-hydrogen) atoms. The molecule has 0 bridgehead atoms. The summed E-state index contributed by atoms with van der Waals surface area (Å²) in [4.78, 5) is 64.7. The van der Waals surface area contributed by atoms with Crippen LogP contribution in [0.5, 0.6) is 0 Å². The molecule has 3 amide bonds. The van der Waals surface area contributed by atoms with Gasteiger partial charge in [-0.2, -0.15) is 0 Å². The average molecular weight is 615 g/mol. The number of aliphatic carboxylic acids is 1. The number of benzene rings is 1. The second-order valence-electron chi connectivity index (χ2n) is 8.92. The molecular weight excluding hydrogens is 593 g/mol. The average Bonchev–Trinajstić information content (AvgIpc) is 3.51. The van der Waals surface area contributed by atoms with E-state index in [1.165, 1.54) is 52.0 Å². The number of rotatable bonds is 12. The van der Waals surface area contributed by atoms with Crippen molar-refractivity contribution in [1.82, 2.24) is 30.4 Å². The van der Waals surface area contributed by atoms with E-state index in [4.69, 9.17) is 4.84 Å². The molecule has 1 aromatic carbocycles. The molecule has 3 N–H and O–H groups in total. The van der Waals surface area contributed by atoms with E-state index in [2.05, 4.69) is 36.0 Å². The van der Waals surface area contributed by atoms with E-state index >= 15 is 0 Å². The van der Waals surface area contributed by atoms with Crippen molar-refractivity contribution in [3.8, 4) is 0 Å². The van der Waals surface area contributed by atoms with Crippen LogP contribution in [0, 0.1) is 5.41 Å². The Balaban J connectivity index is 1.29. The smallest absolute Gasteiger partial charge is 0.313 e. The third-order valence-electron chi connectivity index (χ3n) is 6.22. The fourth-order valence-corrected chi connectivity index (χ4v) is 7.43. The molecular formula is C24H22N8O6S3. The second kappa shape index (κ2) is 12.6. The Morgan fingerprint density at radius 1 is 1.29 bits per heavy atom. The zero-order chi connectivity index (χ0) is 28.8. The molecule has 3 aromatic rings. The van der Waals surface area contributed by atoms with Gasteiger partial charge in [-0.15, -0.1) is 22.0 Å². The maximum absolute atomic E-state index is 13.4. The zero-order valence-corrected chi connectivity index (χ0v) is 23.5. The maximum Gasteiger partial charge on any atom is 0.313 e. The molecule has 14 nitrogen and oxygen atoms in total. The van der Waals surface area contributed by atoms with E-state index in [1.807, 2.05) is 30.3 Å². The summed E-state index contributed by atoms with van der Waals surface area (Å²) < 4.78 is 0.647. The van der Waals surface area contributed by atoms with Crippen molar-refractivity contribution < 1.29 is 29.1 Å². The van der Waals surface area contributed by atoms with Crippen LogP contribution in [0.25, 0.3) is 0 Å². The lowest BCUT2D eigenvalue weighted by atomic mass is 9.89. The zero-order valence-electron chi connectivity index (χ0n) is 21.1. The van der Waals surface area contributed by atoms with Crippen molar-refractivity contribution in [1.29, 1.82) is 0 Å². The molecule has 4 heterocycles. The number of oxime groups is 1. The van der Waals surface area contributed by atoms with E-state index in [0.717, 1.165) is 5.56 Å². The highest BCUT2D eigenvalue weighted by molar-refractivity contribution is 8.01. The van der Waals surface area contributed by atoms with Crippen LogP contribution in [0.4, 0.5) is 5.82 Å². The number of carbonyl (C=O) groups is 4. The molecule has 17 heteroatoms. The lowest BCUT2D eigenvalue weighted by molar-refractivity contribution is -0.157. The van der Waals surface area contributed by atoms with Crippen LogP contribution in [0.3, 0.4) is 0 Å². The van der Waals surface area contributed by atoms with E-state index in [-0.39, 0.29) is 42.0 Å². The topological polar surface area (TPSA) is 189 Å². The molecule has 2 aromatic heterocycles. The Morgan fingerprint density at radius 3 is 2.85 bits per heavy atom. The van der Waals surface area contributed by atoms with Gasteiger partial charge in [-0.3, -0.25) is 19.2 Å². The van der Waals surface area contributed by atoms with Gasteiger partial charge in [0.1, 0.15) is 34.8 Å². The molecule has 212 valence electrons. The molecule has 2 aliphatic heterocycles. The summed E-state index contributed by atoms with van der Waals surface area (Å²) in [7, 11) is 0. The molecule has 3 atom stereocenters. The van der Waals surface area contributed by atoms with Gasteiger partial charge in [0, 0.05) is 24.2 Å². The summed E-state index contributed by atoms with van der Waals surface area (Å²) in [5.74, 6) is -1.72. The van der Waals surface area contributed by atoms with Gasteiger partial charge in [-0.05, 0) is 11.6 Å². The molecule has 0 spiro atoms. The molecule has 2 fully saturated rings. The summed E-state index contributed by atoms with van der Waals surface area (Å²) in [5.41, 5.74) is 0.900. The number of amides is 3. The lowest BCUT2D eigenvalue weighted by Crippen LogP contribution is -2.74. The van der Waals surface area contributed by atoms with Gasteiger partial charge in [0.2, 0.25) is 18.0 Å². The number of carboxylic acid groups (broad SMARTS) is 1. The van der Waals surface area contributed by atoms with Gasteiger partial charge in [0.15, 0.2) is 10.2 Å². The van der Waals surface area contributed by atoms with E-state index in [1.54, 1.807) is 5.51 Å². The monoisotopic (exact) mass is 614 g/mol. The van der Waals surface area contributed by atoms with Gasteiger partial charge in [0.25, 0.3) is 5.91 Å². The minimum Gasteiger partial charge on any atom is -0.481 e. The summed E-state index contributed by atoms with van der Waals surface area (Å²) >= 11 is 3.88. The highest BCUT2D eigenvalue weighted by Gasteiger charge is 2.57. The lowest BCUT2D eigenvalue weighted by Gasteiger charge is -2.53. The molecule has 0 radical (unpaired) electrons. The maximum atomic E-state index is 13.4. The molecule has 0 saturated carbocycles. The van der Waals surface area contributed by atoms with Gasteiger partial charge < -0.3 is 25.5 Å². The number of carboxylic acids is 1. The second-order valence-corrected chi connectivity index (χ2v) is 12.1. The fourth-order valence-electron chi connectivity index (χ4n) is 4.08. The van der Waals surface area contributed by atoms with Crippen LogP contribution in [0.2, 0.25) is 0 Å². The normalized spacial score (nSPS) is 21.8. The van der Waals surface area contributed by atoms with Gasteiger partial charge in [-0.25, -0.2) is 9.97 Å². The highest BCUT2D eigenvalue weighted by Crippen LogP contribution is 2.44. The standard InChI is InChI=1S/C24H22N8O6S3/c33-12-26-15-6-7-25-18(28-15)16(31-38-8-14-4-2-1-3-5-14)19(34)29-17-20(35)32-9-24(22(36)37,10-39-21(17)32)11-40-23-30-27-13-41-23/h1-7,12-13,17,21H,8-11H2,(H,29,34)(H,36,37)(H,25,26,28,33)/t17?,21-,24?/m1/s1. The molecule has 5 rings (SSSR count). The van der Waals surface area contributed by atoms with Crippen molar-refractivity contribution in [2.24, 2.45) is 10.6 Å². The Hall–Kier alpha value is -4.09. The van der Waals surface area contributed by atoms with Crippen LogP contribution < -0.4 is 10.6 Å². The number of aromatic nitrogens is 4. The number of hydrogen-bond acceptors (Lipinski definition) is 13. The van der Waals surface area contributed by atoms with Crippen molar-refractivity contribution in [3.05, 3.63) is 59.5 Å². The summed E-state index contributed by atoms with van der Waals surface area (Å²) in [6, 6.07) is 9.69. The Labute approximate surface area is 245 Å². The minimum absolute atomic E-state index is 0.000657. The number of thioether (sulfide) groups is 2. The molecule has 0 aliphatic carbocycles. The number of carbonyl (C=O) groups excluding carboxylic acids is 3. The Bertz CT molecular complexity index is 1460. The summed E-state index contributed by atoms with van der Waals surface area (Å²) in [6.45, 7) is 0.0610. The number of hydrogen-bond donors (Lipinski definition) is 3. The SMILES string of the molecule is O=CNc1ccnc(C(=NOCc2ccccc2)C(=O)NC2C(=O)N3CC(CSc4nncs4)(C(=O)O)CS[C@H]23)n1. The van der Waals surface area contributed by atoms with Crippen molar-refractivity contribution in [2.45, 2.75) is 22.4 Å². The van der Waals surface area contributed by atoms with Gasteiger partial charge in [0.05, 0.1) is 0 Å². The van der Waals surface area contributed by atoms with Crippen LogP contribution in [-0.2, 0) is 30.6 Å². The van der Waals surface area contributed by atoms with Crippen LogP contribution in [0.1, 0.15) is 11.4 Å². The van der Waals surface area contributed by atoms with E-state index in [0.29, 0.717) is 10.7 Å². The highest BCUT2D eigenvalue weighted by atomic mass is 32.2. The van der Waals surface area contributed by atoms with Crippen LogP contribution in [0.15, 0.2) is 57.6 Å². The predicted octanol–water partition coefficient (Wildman–Crippen LogP) is 1.08. The number of β-lactam (4-membered cyclic amide) rings is 1. The van der Waals surface area contributed by atoms with Crippen molar-refractivity contribution in [2.75, 3.05) is 23.4 Å². The summed E-state index contributed by atoms with van der Waals surface area (Å²) in [6.07, 6.45) is 1.77. The van der Waals surface area contributed by atoms with E-state index < -0.39 is 34.6 Å². The van der Waals surface area contributed by atoms with Gasteiger partial charge >= 0.3 is 5.97 Å². The van der Waals surface area contributed by atoms with E-state index in [9.17, 15) is 24.3 Å². The first kappa shape index (κ1) is 28.4. The van der Waals surface area contributed by atoms with Crippen molar-refractivity contribution in [3.63, 3.8) is 0 Å². The Morgan fingerprint density at radius 2 is 2.12 bits per heavy atom. The fraction of sp³-hybridized carbons (Fsp3) is 0.292. The number of anilines is 1. The quantitative estimate of drug-likeness (QED) is 0.0867. The first-order valence-corrected chi connectivity index (χ1v) is 14.9. The number of nitrogens with zero attached hydrogens (tertiary/aromatic N) is 6. The first-order chi connectivity index (χ1) is 19.9. The van der Waals surface area contributed by atoms with Crippen LogP contribution in [-0.4, -0.2) is 89.5 Å². The molecule has 2 saturated heterocycles. The van der Waals surface area contributed by atoms with Gasteiger partial charge in [-0.1, -0.05) is 58.6 Å². The number of fused-ring (bicyclic) bond motifs is 1. The number of nitrogens with one attached hydrogen (secondary N) is 2. The summed E-state index contributed by atoms with van der Waals surface area (Å²) in [5, 5.41) is 26.3. The third-order valence-corrected chi connectivity index (χ3v) is 9.95. The Kier molecular flexibility index (Phi) is 8.75. The minimum atomic E-state index is -1.18. The van der Waals surface area contributed by atoms with Crippen LogP contribution >= 0.6 is 34.9 Å². The molecule has 2 aliphatic rings. The first-order valence-electron chi connectivity index (χ1n) is 12.0. The third kappa shape index (κ3) is 6.31. The predicted molar refractivity (Wildman–Crippen MR) is 150 cm³/mol.